The molecule has 1 saturated carbocycles. The van der Waals surface area contributed by atoms with Gasteiger partial charge in [-0.2, -0.15) is 5.01 Å². The van der Waals surface area contributed by atoms with E-state index < -0.39 is 46.8 Å². The zero-order valence-electron chi connectivity index (χ0n) is 30.2. The third-order valence-electron chi connectivity index (χ3n) is 11.8. The van der Waals surface area contributed by atoms with Crippen LogP contribution < -0.4 is 19.8 Å². The molecule has 0 radical (unpaired) electrons. The monoisotopic (exact) mass is 779 g/mol. The molecule has 12 heteroatoms. The molecule has 4 aromatic rings. The predicted octanol–water partition coefficient (Wildman–Crippen LogP) is 7.13. The minimum absolute atomic E-state index is 0.00966. The summed E-state index contributed by atoms with van der Waals surface area (Å²) in [5.41, 5.74) is 5.32. The average molecular weight is 781 g/mol. The van der Waals surface area contributed by atoms with E-state index in [-0.39, 0.29) is 42.9 Å². The molecule has 0 aromatic heterocycles. The number of aliphatic hydroxyl groups is 1. The molecule has 282 valence electrons. The van der Waals surface area contributed by atoms with Crippen LogP contribution in [0, 0.1) is 23.7 Å². The van der Waals surface area contributed by atoms with Crippen molar-refractivity contribution < 1.29 is 33.8 Å². The van der Waals surface area contributed by atoms with Crippen molar-refractivity contribution in [3.63, 3.8) is 0 Å². The standard InChI is InChI=1S/C43H39Cl2N3O7/c1-3-24-8-13-27(14-9-24)47-39(50)31-18-17-29-32(37(31)41(47)52)23-33-40(51)48(46-35-19-12-26(44)22-34(35)45)42(53)43(33,25-10-15-28(54-2)16-11-25)38(29)30-6-4-5-7-36(30)55-21-20-49/h4-17,19,22,31-33,37-38,46,49H,3,18,20-21,23H2,1-2H3/t31-,32+,33-,37-,38+,43+/m0/s1. The Morgan fingerprint density at radius 1 is 0.891 bits per heavy atom. The third-order valence-corrected chi connectivity index (χ3v) is 12.3. The molecule has 55 heavy (non-hydrogen) atoms. The number of ether oxygens (including phenoxy) is 2. The van der Waals surface area contributed by atoms with Gasteiger partial charge in [0.15, 0.2) is 0 Å². The van der Waals surface area contributed by atoms with Gasteiger partial charge in [0.1, 0.15) is 18.1 Å². The number of hydrogen-bond acceptors (Lipinski definition) is 8. The number of imide groups is 2. The number of carbonyl (C=O) groups excluding carboxylic acids is 4. The first-order valence-electron chi connectivity index (χ1n) is 18.4. The number of benzene rings is 4. The van der Waals surface area contributed by atoms with Gasteiger partial charge < -0.3 is 14.6 Å². The van der Waals surface area contributed by atoms with Crippen LogP contribution in [-0.4, -0.2) is 54.1 Å². The quantitative estimate of drug-likeness (QED) is 0.129. The van der Waals surface area contributed by atoms with Crippen molar-refractivity contribution in [2.24, 2.45) is 23.7 Å². The van der Waals surface area contributed by atoms with Crippen LogP contribution >= 0.6 is 23.2 Å². The number of fused-ring (bicyclic) bond motifs is 4. The summed E-state index contributed by atoms with van der Waals surface area (Å²) in [5.74, 6) is -4.44. The topological polar surface area (TPSA) is 125 Å². The number of halogens is 2. The third kappa shape index (κ3) is 5.81. The van der Waals surface area contributed by atoms with Gasteiger partial charge in [-0.05, 0) is 84.8 Å². The minimum atomic E-state index is -1.55. The van der Waals surface area contributed by atoms with Crippen molar-refractivity contribution >= 4 is 58.2 Å². The van der Waals surface area contributed by atoms with Crippen LogP contribution in [0.25, 0.3) is 0 Å². The van der Waals surface area contributed by atoms with Crippen LogP contribution in [0.4, 0.5) is 11.4 Å². The number of anilines is 2. The molecule has 2 heterocycles. The Bertz CT molecular complexity index is 2230. The molecule has 4 aromatic carbocycles. The summed E-state index contributed by atoms with van der Waals surface area (Å²) in [6.07, 6.45) is 3.20. The van der Waals surface area contributed by atoms with E-state index in [0.29, 0.717) is 39.0 Å². The average Bonchev–Trinajstić information content (AvgIpc) is 3.58. The number of hydrogen-bond donors (Lipinski definition) is 2. The Morgan fingerprint density at radius 3 is 2.33 bits per heavy atom. The fourth-order valence-corrected chi connectivity index (χ4v) is 9.78. The van der Waals surface area contributed by atoms with Crippen LogP contribution in [-0.2, 0) is 31.0 Å². The van der Waals surface area contributed by atoms with Gasteiger partial charge in [0, 0.05) is 16.5 Å². The van der Waals surface area contributed by atoms with Crippen molar-refractivity contribution in [3.8, 4) is 11.5 Å². The van der Waals surface area contributed by atoms with Crippen LogP contribution in [0.5, 0.6) is 11.5 Å². The molecule has 2 saturated heterocycles. The highest BCUT2D eigenvalue weighted by atomic mass is 35.5. The van der Waals surface area contributed by atoms with E-state index in [1.165, 1.54) is 11.0 Å². The van der Waals surface area contributed by atoms with Crippen LogP contribution in [0.1, 0.15) is 42.4 Å². The van der Waals surface area contributed by atoms with Crippen molar-refractivity contribution in [2.75, 3.05) is 30.6 Å². The number of hydrazine groups is 1. The van der Waals surface area contributed by atoms with Gasteiger partial charge in [-0.1, -0.05) is 84.2 Å². The molecule has 4 aliphatic rings. The lowest BCUT2D eigenvalue weighted by molar-refractivity contribution is -0.138. The summed E-state index contributed by atoms with van der Waals surface area (Å²) in [6.45, 7) is 1.78. The van der Waals surface area contributed by atoms with E-state index in [1.54, 1.807) is 67.8 Å². The van der Waals surface area contributed by atoms with E-state index in [1.807, 2.05) is 37.3 Å². The summed E-state index contributed by atoms with van der Waals surface area (Å²) in [5, 5.41) is 11.4. The second kappa shape index (κ2) is 14.5. The Morgan fingerprint density at radius 2 is 1.64 bits per heavy atom. The number of nitrogens with one attached hydrogen (secondary N) is 1. The number of allylic oxidation sites excluding steroid dienone is 2. The Hall–Kier alpha value is -5.16. The van der Waals surface area contributed by atoms with Gasteiger partial charge in [-0.25, -0.2) is 0 Å². The maximum absolute atomic E-state index is 15.5. The fourth-order valence-electron chi connectivity index (χ4n) is 9.33. The highest BCUT2D eigenvalue weighted by molar-refractivity contribution is 6.36. The zero-order chi connectivity index (χ0) is 38.6. The molecule has 2 aliphatic heterocycles. The number of para-hydroxylation sites is 1. The molecule has 2 aliphatic carbocycles. The smallest absolute Gasteiger partial charge is 0.260 e. The molecular formula is C43H39Cl2N3O7. The molecular weight excluding hydrogens is 741 g/mol. The van der Waals surface area contributed by atoms with Crippen molar-refractivity contribution in [3.05, 3.63) is 129 Å². The lowest BCUT2D eigenvalue weighted by Gasteiger charge is -2.50. The van der Waals surface area contributed by atoms with E-state index >= 15 is 9.59 Å². The van der Waals surface area contributed by atoms with Crippen LogP contribution in [0.15, 0.2) is 103 Å². The van der Waals surface area contributed by atoms with Gasteiger partial charge in [0.2, 0.25) is 11.8 Å². The maximum atomic E-state index is 15.5. The molecule has 0 unspecified atom stereocenters. The Balaban J connectivity index is 1.33. The molecule has 2 N–H and O–H groups in total. The van der Waals surface area contributed by atoms with Crippen LogP contribution in [0.2, 0.25) is 10.0 Å². The SMILES string of the molecule is CCc1ccc(N2C(=O)[C@H]3[C@H](CC=C4[C@H]3C[C@H]3C(=O)N(Nc5ccc(Cl)cc5Cl)C(=O)[C@@]3(c3ccc(OC)cc3)[C@H]4c3ccccc3OCCO)C2=O)cc1. The number of carbonyl (C=O) groups is 4. The van der Waals surface area contributed by atoms with Gasteiger partial charge >= 0.3 is 0 Å². The molecule has 10 nitrogen and oxygen atoms in total. The normalized spacial score (nSPS) is 25.7. The van der Waals surface area contributed by atoms with E-state index in [4.69, 9.17) is 32.7 Å². The highest BCUT2D eigenvalue weighted by Gasteiger charge is 2.70. The van der Waals surface area contributed by atoms with E-state index in [0.717, 1.165) is 22.6 Å². The first-order chi connectivity index (χ1) is 26.6. The zero-order valence-corrected chi connectivity index (χ0v) is 31.7. The Kier molecular flexibility index (Phi) is 9.69. The van der Waals surface area contributed by atoms with E-state index in [2.05, 4.69) is 5.43 Å². The number of amides is 4. The van der Waals surface area contributed by atoms with Crippen molar-refractivity contribution in [1.29, 1.82) is 0 Å². The summed E-state index contributed by atoms with van der Waals surface area (Å²) in [4.78, 5) is 60.7. The largest absolute Gasteiger partial charge is 0.497 e. The Labute approximate surface area is 328 Å². The summed E-state index contributed by atoms with van der Waals surface area (Å²) < 4.78 is 11.6. The number of methoxy groups -OCH3 is 1. The molecule has 0 bridgehead atoms. The highest BCUT2D eigenvalue weighted by Crippen LogP contribution is 2.65. The lowest BCUT2D eigenvalue weighted by atomic mass is 9.49. The van der Waals surface area contributed by atoms with Gasteiger partial charge in [0.05, 0.1) is 53.3 Å². The summed E-state index contributed by atoms with van der Waals surface area (Å²) in [6, 6.07) is 26.6. The number of aliphatic hydroxyl groups excluding tert-OH is 1. The van der Waals surface area contributed by atoms with E-state index in [9.17, 15) is 14.7 Å². The molecule has 0 spiro atoms. The second-order valence-corrected chi connectivity index (χ2v) is 15.2. The second-order valence-electron chi connectivity index (χ2n) is 14.4. The first-order valence-corrected chi connectivity index (χ1v) is 19.1. The molecule has 6 atom stereocenters. The van der Waals surface area contributed by atoms with Gasteiger partial charge in [-0.15, -0.1) is 0 Å². The fraction of sp³-hybridized carbons (Fsp3) is 0.302. The lowest BCUT2D eigenvalue weighted by Crippen LogP contribution is -2.53. The summed E-state index contributed by atoms with van der Waals surface area (Å²) in [7, 11) is 1.55. The van der Waals surface area contributed by atoms with Crippen molar-refractivity contribution in [1.82, 2.24) is 5.01 Å². The van der Waals surface area contributed by atoms with Crippen LogP contribution in [0.3, 0.4) is 0 Å². The number of aryl methyl sites for hydroxylation is 1. The van der Waals surface area contributed by atoms with Gasteiger partial charge in [-0.3, -0.25) is 29.5 Å². The predicted molar refractivity (Wildman–Crippen MR) is 208 cm³/mol. The maximum Gasteiger partial charge on any atom is 0.260 e. The molecule has 4 amide bonds. The summed E-state index contributed by atoms with van der Waals surface area (Å²) >= 11 is 12.8. The minimum Gasteiger partial charge on any atom is -0.497 e. The number of rotatable bonds is 10. The number of nitrogens with zero attached hydrogens (tertiary/aromatic N) is 2. The first kappa shape index (κ1) is 36.8. The van der Waals surface area contributed by atoms with Gasteiger partial charge in [0.25, 0.3) is 11.8 Å². The molecule has 8 rings (SSSR count). The molecule has 3 fully saturated rings. The van der Waals surface area contributed by atoms with Crippen molar-refractivity contribution in [2.45, 2.75) is 37.5 Å².